The second-order valence-corrected chi connectivity index (χ2v) is 3.62. The van der Waals surface area contributed by atoms with Crippen molar-refractivity contribution >= 4 is 5.91 Å². The summed E-state index contributed by atoms with van der Waals surface area (Å²) in [5, 5.41) is 3.26. The van der Waals surface area contributed by atoms with Crippen LogP contribution in [0.3, 0.4) is 0 Å². The molecule has 0 bridgehead atoms. The minimum absolute atomic E-state index is 0.283. The first kappa shape index (κ1) is 12.7. The van der Waals surface area contributed by atoms with Crippen LogP contribution in [0.2, 0.25) is 0 Å². The maximum absolute atomic E-state index is 11.0. The summed E-state index contributed by atoms with van der Waals surface area (Å²) in [6, 6.07) is 0.283. The van der Waals surface area contributed by atoms with Crippen molar-refractivity contribution in [1.82, 2.24) is 14.9 Å². The molecule has 1 amide bonds. The lowest BCUT2D eigenvalue weighted by Crippen LogP contribution is -2.33. The molecule has 1 unspecified atom stereocenters. The number of aromatic nitrogens is 2. The molecule has 6 heteroatoms. The summed E-state index contributed by atoms with van der Waals surface area (Å²) in [6.45, 7) is 4.09. The van der Waals surface area contributed by atoms with Crippen molar-refractivity contribution in [2.75, 3.05) is 20.3 Å². The smallest absolute Gasteiger partial charge is 0.284 e. The van der Waals surface area contributed by atoms with Crippen LogP contribution in [0.15, 0.2) is 12.4 Å². The summed E-state index contributed by atoms with van der Waals surface area (Å²) < 4.78 is 6.73. The van der Waals surface area contributed by atoms with Crippen LogP contribution in [0, 0.1) is 0 Å². The molecule has 6 nitrogen and oxygen atoms in total. The van der Waals surface area contributed by atoms with E-state index in [1.165, 1.54) is 0 Å². The molecule has 0 saturated heterocycles. The van der Waals surface area contributed by atoms with E-state index in [-0.39, 0.29) is 6.04 Å². The van der Waals surface area contributed by atoms with Crippen LogP contribution in [0.4, 0.5) is 0 Å². The van der Waals surface area contributed by atoms with Gasteiger partial charge in [-0.15, -0.1) is 0 Å². The van der Waals surface area contributed by atoms with Crippen molar-refractivity contribution in [1.29, 1.82) is 0 Å². The highest BCUT2D eigenvalue weighted by atomic mass is 16.5. The number of methoxy groups -OCH3 is 1. The number of hydrogen-bond acceptors (Lipinski definition) is 4. The number of primary amides is 1. The van der Waals surface area contributed by atoms with Gasteiger partial charge in [0.15, 0.2) is 5.82 Å². The van der Waals surface area contributed by atoms with Gasteiger partial charge >= 0.3 is 0 Å². The molecule has 0 radical (unpaired) electrons. The first-order valence-electron chi connectivity index (χ1n) is 5.18. The number of imidazole rings is 1. The number of carbonyl (C=O) groups excluding carboxylic acids is 1. The second-order valence-electron chi connectivity index (χ2n) is 3.62. The SMILES string of the molecule is COCC(C)NCCn1ccnc1C(N)=O. The zero-order valence-corrected chi connectivity index (χ0v) is 9.64. The summed E-state index contributed by atoms with van der Waals surface area (Å²) >= 11 is 0. The molecule has 1 rings (SSSR count). The number of nitrogens with two attached hydrogens (primary N) is 1. The van der Waals surface area contributed by atoms with E-state index in [9.17, 15) is 4.79 Å². The van der Waals surface area contributed by atoms with Crippen LogP contribution in [0.1, 0.15) is 17.5 Å². The highest BCUT2D eigenvalue weighted by Crippen LogP contribution is 1.95. The maximum atomic E-state index is 11.0. The minimum atomic E-state index is -0.505. The number of hydrogen-bond donors (Lipinski definition) is 2. The van der Waals surface area contributed by atoms with E-state index in [2.05, 4.69) is 10.3 Å². The fraction of sp³-hybridized carbons (Fsp3) is 0.600. The summed E-state index contributed by atoms with van der Waals surface area (Å²) in [5.74, 6) is -0.212. The average molecular weight is 226 g/mol. The van der Waals surface area contributed by atoms with Crippen LogP contribution in [-0.4, -0.2) is 41.8 Å². The Morgan fingerprint density at radius 2 is 2.50 bits per heavy atom. The molecule has 1 atom stereocenters. The first-order chi connectivity index (χ1) is 7.65. The van der Waals surface area contributed by atoms with E-state index in [0.29, 0.717) is 19.0 Å². The monoisotopic (exact) mass is 226 g/mol. The van der Waals surface area contributed by atoms with Crippen molar-refractivity contribution < 1.29 is 9.53 Å². The Balaban J connectivity index is 2.37. The van der Waals surface area contributed by atoms with Gasteiger partial charge in [0.1, 0.15) is 0 Å². The third kappa shape index (κ3) is 3.63. The summed E-state index contributed by atoms with van der Waals surface area (Å²) in [4.78, 5) is 14.9. The minimum Gasteiger partial charge on any atom is -0.383 e. The Morgan fingerprint density at radius 3 is 3.12 bits per heavy atom. The van der Waals surface area contributed by atoms with Gasteiger partial charge in [-0.3, -0.25) is 4.79 Å². The van der Waals surface area contributed by atoms with Gasteiger partial charge in [0.2, 0.25) is 0 Å². The first-order valence-corrected chi connectivity index (χ1v) is 5.18. The molecule has 0 aromatic carbocycles. The predicted molar refractivity (Wildman–Crippen MR) is 60.1 cm³/mol. The number of amides is 1. The zero-order valence-electron chi connectivity index (χ0n) is 9.64. The largest absolute Gasteiger partial charge is 0.383 e. The Morgan fingerprint density at radius 1 is 1.75 bits per heavy atom. The van der Waals surface area contributed by atoms with Gasteiger partial charge in [-0.05, 0) is 6.92 Å². The Kier molecular flexibility index (Phi) is 4.94. The normalized spacial score (nSPS) is 12.6. The molecule has 0 aliphatic rings. The standard InChI is InChI=1S/C10H18N4O2/c1-8(7-16-2)12-3-5-14-6-4-13-10(14)9(11)15/h4,6,8,12H,3,5,7H2,1-2H3,(H2,11,15). The number of nitrogens with one attached hydrogen (secondary N) is 1. The van der Waals surface area contributed by atoms with Gasteiger partial charge < -0.3 is 20.4 Å². The summed E-state index contributed by atoms with van der Waals surface area (Å²) in [7, 11) is 1.67. The molecule has 0 spiro atoms. The highest BCUT2D eigenvalue weighted by molar-refractivity contribution is 5.89. The number of nitrogens with zero attached hydrogens (tertiary/aromatic N) is 2. The highest BCUT2D eigenvalue weighted by Gasteiger charge is 2.08. The van der Waals surface area contributed by atoms with E-state index in [1.54, 1.807) is 24.1 Å². The topological polar surface area (TPSA) is 82.2 Å². The fourth-order valence-corrected chi connectivity index (χ4v) is 1.46. The molecule has 0 saturated carbocycles. The molecule has 90 valence electrons. The van der Waals surface area contributed by atoms with Gasteiger partial charge in [0, 0.05) is 38.6 Å². The maximum Gasteiger partial charge on any atom is 0.284 e. The van der Waals surface area contributed by atoms with E-state index in [4.69, 9.17) is 10.5 Å². The van der Waals surface area contributed by atoms with E-state index in [1.807, 2.05) is 6.92 Å². The molecular weight excluding hydrogens is 208 g/mol. The second kappa shape index (κ2) is 6.24. The van der Waals surface area contributed by atoms with Gasteiger partial charge in [0.05, 0.1) is 6.61 Å². The molecule has 0 fully saturated rings. The van der Waals surface area contributed by atoms with Crippen molar-refractivity contribution in [2.24, 2.45) is 5.73 Å². The number of ether oxygens (including phenoxy) is 1. The molecule has 16 heavy (non-hydrogen) atoms. The molecule has 1 aromatic heterocycles. The van der Waals surface area contributed by atoms with Gasteiger partial charge in [-0.25, -0.2) is 4.98 Å². The van der Waals surface area contributed by atoms with Crippen molar-refractivity contribution in [3.63, 3.8) is 0 Å². The lowest BCUT2D eigenvalue weighted by atomic mass is 10.3. The Hall–Kier alpha value is -1.40. The van der Waals surface area contributed by atoms with Gasteiger partial charge in [-0.1, -0.05) is 0 Å². The predicted octanol–water partition coefficient (Wildman–Crippen LogP) is -0.393. The molecule has 1 aromatic rings. The fourth-order valence-electron chi connectivity index (χ4n) is 1.46. The molecule has 1 heterocycles. The van der Waals surface area contributed by atoms with Crippen LogP contribution >= 0.6 is 0 Å². The third-order valence-electron chi connectivity index (χ3n) is 2.20. The van der Waals surface area contributed by atoms with Gasteiger partial charge in [-0.2, -0.15) is 0 Å². The molecular formula is C10H18N4O2. The van der Waals surface area contributed by atoms with Crippen molar-refractivity contribution in [3.8, 4) is 0 Å². The lowest BCUT2D eigenvalue weighted by Gasteiger charge is -2.13. The summed E-state index contributed by atoms with van der Waals surface area (Å²) in [6.07, 6.45) is 3.31. The summed E-state index contributed by atoms with van der Waals surface area (Å²) in [5.41, 5.74) is 5.18. The van der Waals surface area contributed by atoms with Crippen LogP contribution < -0.4 is 11.1 Å². The average Bonchev–Trinajstić information content (AvgIpc) is 2.66. The van der Waals surface area contributed by atoms with Crippen LogP contribution in [0.5, 0.6) is 0 Å². The van der Waals surface area contributed by atoms with E-state index in [0.717, 1.165) is 6.54 Å². The third-order valence-corrected chi connectivity index (χ3v) is 2.20. The molecule has 0 aliphatic heterocycles. The number of rotatable bonds is 7. The van der Waals surface area contributed by atoms with Crippen molar-refractivity contribution in [3.05, 3.63) is 18.2 Å². The van der Waals surface area contributed by atoms with E-state index >= 15 is 0 Å². The molecule has 3 N–H and O–H groups in total. The lowest BCUT2D eigenvalue weighted by molar-refractivity contribution is 0.0986. The Labute approximate surface area is 94.8 Å². The van der Waals surface area contributed by atoms with Crippen LogP contribution in [-0.2, 0) is 11.3 Å². The van der Waals surface area contributed by atoms with Gasteiger partial charge in [0.25, 0.3) is 5.91 Å². The number of carbonyl (C=O) groups is 1. The van der Waals surface area contributed by atoms with E-state index < -0.39 is 5.91 Å². The van der Waals surface area contributed by atoms with Crippen molar-refractivity contribution in [2.45, 2.75) is 19.5 Å². The quantitative estimate of drug-likeness (QED) is 0.663. The Bertz CT molecular complexity index is 337. The van der Waals surface area contributed by atoms with Crippen LogP contribution in [0.25, 0.3) is 0 Å². The molecule has 0 aliphatic carbocycles. The zero-order chi connectivity index (χ0) is 12.0.